The number of hydrogen-bond acceptors (Lipinski definition) is 6. The maximum atomic E-state index is 13.4. The van der Waals surface area contributed by atoms with Crippen LogP contribution in [0.15, 0.2) is 71.7 Å². The number of alkyl halides is 3. The third-order valence-electron chi connectivity index (χ3n) is 6.44. The van der Waals surface area contributed by atoms with Crippen LogP contribution < -0.4 is 15.1 Å². The highest BCUT2D eigenvalue weighted by Crippen LogP contribution is 2.47. The van der Waals surface area contributed by atoms with Crippen LogP contribution in [-0.2, 0) is 9.63 Å². The minimum Gasteiger partial charge on any atom is -0.485 e. The number of benzene rings is 3. The Morgan fingerprint density at radius 3 is 2.53 bits per heavy atom. The van der Waals surface area contributed by atoms with E-state index in [1.54, 1.807) is 37.3 Å². The maximum absolute atomic E-state index is 13.4. The minimum atomic E-state index is -5.22. The molecule has 0 saturated heterocycles. The van der Waals surface area contributed by atoms with Gasteiger partial charge < -0.3 is 15.5 Å². The fourth-order valence-corrected chi connectivity index (χ4v) is 4.92. The minimum absolute atomic E-state index is 0.0105. The van der Waals surface area contributed by atoms with E-state index >= 15 is 0 Å². The lowest BCUT2D eigenvalue weighted by Crippen LogP contribution is -2.54. The number of nitrogen functional groups attached to an aromatic ring is 1. The molecule has 2 atom stereocenters. The first-order valence-corrected chi connectivity index (χ1v) is 11.7. The Morgan fingerprint density at radius 1 is 1.03 bits per heavy atom. The van der Waals surface area contributed by atoms with Gasteiger partial charge in [-0.3, -0.25) is 4.84 Å². The quantitative estimate of drug-likeness (QED) is 0.280. The number of pyridine rings is 1. The van der Waals surface area contributed by atoms with Crippen LogP contribution in [0.3, 0.4) is 0 Å². The molecule has 2 unspecified atom stereocenters. The Hall–Kier alpha value is -4.64. The van der Waals surface area contributed by atoms with Gasteiger partial charge in [0.2, 0.25) is 12.0 Å². The highest BCUT2D eigenvalue weighted by atomic mass is 19.4. The van der Waals surface area contributed by atoms with Crippen molar-refractivity contribution in [1.82, 2.24) is 14.6 Å². The smallest absolute Gasteiger partial charge is 0.485 e. The normalized spacial score (nSPS) is 17.7. The molecule has 6 rings (SSSR count). The van der Waals surface area contributed by atoms with Gasteiger partial charge >= 0.3 is 12.1 Å². The lowest BCUT2D eigenvalue weighted by molar-refractivity contribution is -0.223. The van der Waals surface area contributed by atoms with E-state index in [0.29, 0.717) is 16.7 Å². The van der Waals surface area contributed by atoms with E-state index in [9.17, 15) is 18.0 Å². The average molecular weight is 520 g/mol. The Labute approximate surface area is 213 Å². The zero-order valence-electron chi connectivity index (χ0n) is 20.0. The second kappa shape index (κ2) is 8.45. The molecule has 5 aromatic rings. The van der Waals surface area contributed by atoms with E-state index < -0.39 is 22.9 Å². The molecule has 3 aromatic carbocycles. The van der Waals surface area contributed by atoms with E-state index in [-0.39, 0.29) is 23.7 Å². The van der Waals surface area contributed by atoms with Gasteiger partial charge in [-0.1, -0.05) is 35.0 Å². The van der Waals surface area contributed by atoms with E-state index in [1.165, 1.54) is 0 Å². The van der Waals surface area contributed by atoms with Crippen LogP contribution in [0.5, 0.6) is 5.75 Å². The molecule has 0 saturated carbocycles. The topological polar surface area (TPSA) is 103 Å². The van der Waals surface area contributed by atoms with Crippen molar-refractivity contribution in [3.63, 3.8) is 0 Å². The second-order valence-electron chi connectivity index (χ2n) is 9.12. The number of hydroxylamine groups is 2. The van der Waals surface area contributed by atoms with Crippen molar-refractivity contribution in [1.29, 1.82) is 0 Å². The number of hydrogen-bond donors (Lipinski definition) is 2. The van der Waals surface area contributed by atoms with E-state index in [2.05, 4.69) is 15.0 Å². The molecule has 11 heteroatoms. The molecule has 0 radical (unpaired) electrons. The zero-order valence-corrected chi connectivity index (χ0v) is 20.0. The van der Waals surface area contributed by atoms with Gasteiger partial charge in [0.15, 0.2) is 18.1 Å². The van der Waals surface area contributed by atoms with Gasteiger partial charge in [0.25, 0.3) is 0 Å². The number of aromatic amines is 1. The number of H-pyrrole nitrogens is 1. The summed E-state index contributed by atoms with van der Waals surface area (Å²) in [7, 11) is 0. The zero-order chi connectivity index (χ0) is 26.7. The van der Waals surface area contributed by atoms with Crippen LogP contribution in [0.25, 0.3) is 32.7 Å². The van der Waals surface area contributed by atoms with Gasteiger partial charge in [0, 0.05) is 21.8 Å². The van der Waals surface area contributed by atoms with E-state index in [1.807, 2.05) is 36.4 Å². The van der Waals surface area contributed by atoms with Crippen molar-refractivity contribution >= 4 is 62.2 Å². The molecule has 192 valence electrons. The molecule has 1 aliphatic rings. The first kappa shape index (κ1) is 23.7. The summed E-state index contributed by atoms with van der Waals surface area (Å²) in [6.45, 7) is 1.47. The van der Waals surface area contributed by atoms with Gasteiger partial charge in [0.05, 0.1) is 10.9 Å². The van der Waals surface area contributed by atoms with Crippen LogP contribution in [0.2, 0.25) is 0 Å². The molecule has 3 N–H and O–H groups in total. The Bertz CT molecular complexity index is 1760. The molecule has 8 nitrogen and oxygen atoms in total. The van der Waals surface area contributed by atoms with E-state index in [0.717, 1.165) is 28.1 Å². The van der Waals surface area contributed by atoms with Gasteiger partial charge in [0.1, 0.15) is 11.9 Å². The lowest BCUT2D eigenvalue weighted by atomic mass is 10.1. The Kier molecular flexibility index (Phi) is 5.28. The van der Waals surface area contributed by atoms with Crippen LogP contribution in [0.4, 0.5) is 30.4 Å². The van der Waals surface area contributed by atoms with Crippen LogP contribution >= 0.6 is 0 Å². The largest absolute Gasteiger partial charge is 0.497 e. The molecule has 0 bridgehead atoms. The Morgan fingerprint density at radius 2 is 1.74 bits per heavy atom. The highest BCUT2D eigenvalue weighted by Gasteiger charge is 2.53. The summed E-state index contributed by atoms with van der Waals surface area (Å²) >= 11 is 0. The number of anilines is 1. The van der Waals surface area contributed by atoms with Crippen LogP contribution in [0.1, 0.15) is 6.92 Å². The standard InChI is InChI=1S/C27H21F3N5O3/c1-15(37-16-10-11-22-19(12-16)17-6-2-4-8-20(17)33-22)13-35(38-26(36)27(28,29)30)14-32-23-24(35)18-7-3-5-9-21(18)34-25(23)31/h2-12,14-15,33H,13H2,1H3,(H2,31,34)/q+1. The summed E-state index contributed by atoms with van der Waals surface area (Å²) in [4.78, 5) is 29.1. The molecule has 38 heavy (non-hydrogen) atoms. The Balaban J connectivity index is 1.39. The third kappa shape index (κ3) is 3.88. The van der Waals surface area contributed by atoms with E-state index in [4.69, 9.17) is 15.3 Å². The van der Waals surface area contributed by atoms with Gasteiger partial charge in [-0.25, -0.2) is 9.78 Å². The number of carbonyl (C=O) groups excluding carboxylic acids is 1. The number of aromatic nitrogens is 2. The predicted molar refractivity (Wildman–Crippen MR) is 139 cm³/mol. The number of rotatable bonds is 5. The number of nitrogens with two attached hydrogens (primary N) is 1. The van der Waals surface area contributed by atoms with Gasteiger partial charge in [-0.05, 0) is 43.3 Å². The maximum Gasteiger partial charge on any atom is 0.497 e. The summed E-state index contributed by atoms with van der Waals surface area (Å²) in [6, 6.07) is 20.1. The van der Waals surface area contributed by atoms with Crippen molar-refractivity contribution in [3.8, 4) is 5.75 Å². The number of nitrogens with zero attached hydrogens (tertiary/aromatic N) is 3. The first-order valence-electron chi connectivity index (χ1n) is 11.7. The second-order valence-corrected chi connectivity index (χ2v) is 9.12. The number of nitrogens with one attached hydrogen (secondary N) is 1. The summed E-state index contributed by atoms with van der Waals surface area (Å²) in [5.41, 5.74) is 8.74. The average Bonchev–Trinajstić information content (AvgIpc) is 3.42. The predicted octanol–water partition coefficient (Wildman–Crippen LogP) is 5.92. The van der Waals surface area contributed by atoms with Crippen molar-refractivity contribution < 1.29 is 27.5 Å². The van der Waals surface area contributed by atoms with Crippen LogP contribution in [-0.4, -0.2) is 41.1 Å². The van der Waals surface area contributed by atoms with Crippen LogP contribution in [0, 0.1) is 0 Å². The molecule has 2 aromatic heterocycles. The number of carbonyl (C=O) groups is 1. The fraction of sp³-hybridized carbons (Fsp3) is 0.148. The molecule has 3 heterocycles. The number of halogens is 3. The molecule has 0 fully saturated rings. The van der Waals surface area contributed by atoms with Crippen molar-refractivity contribution in [2.24, 2.45) is 4.99 Å². The molecule has 1 aliphatic heterocycles. The summed E-state index contributed by atoms with van der Waals surface area (Å²) in [5, 5.41) is 2.41. The monoisotopic (exact) mass is 520 g/mol. The summed E-state index contributed by atoms with van der Waals surface area (Å²) in [6.07, 6.45) is -4.81. The molecular formula is C27H21F3N5O3+. The molecule has 0 spiro atoms. The van der Waals surface area contributed by atoms with Crippen molar-refractivity contribution in [3.05, 3.63) is 66.7 Å². The van der Waals surface area contributed by atoms with Crippen molar-refractivity contribution in [2.75, 3.05) is 12.3 Å². The molecule has 0 aliphatic carbocycles. The summed E-state index contributed by atoms with van der Waals surface area (Å²) in [5.74, 6) is -1.84. The number of ether oxygens (including phenoxy) is 1. The third-order valence-corrected chi connectivity index (χ3v) is 6.44. The highest BCUT2D eigenvalue weighted by molar-refractivity contribution is 6.08. The SMILES string of the molecule is CC(C[N+]1(OC(=O)C(F)(F)F)C=Nc2c(N)nc3ccccc3c21)Oc1ccc2[nH]c3ccccc3c2c1. The lowest BCUT2D eigenvalue weighted by Gasteiger charge is -2.30. The summed E-state index contributed by atoms with van der Waals surface area (Å²) < 4.78 is 45.3. The van der Waals surface area contributed by atoms with Gasteiger partial charge in [-0.2, -0.15) is 18.2 Å². The van der Waals surface area contributed by atoms with Gasteiger partial charge in [-0.15, -0.1) is 0 Å². The first-order chi connectivity index (χ1) is 18.1. The number of quaternary nitrogens is 1. The fourth-order valence-electron chi connectivity index (χ4n) is 4.92. The number of aliphatic imine (C=N–C) groups is 1. The van der Waals surface area contributed by atoms with Crippen molar-refractivity contribution in [2.45, 2.75) is 19.2 Å². The number of fused-ring (bicyclic) bond motifs is 6. The molecular weight excluding hydrogens is 499 g/mol. The molecule has 0 amide bonds. The number of para-hydroxylation sites is 2.